The van der Waals surface area contributed by atoms with Crippen molar-refractivity contribution < 1.29 is 18.0 Å². The first-order chi connectivity index (χ1) is 11.3. The third kappa shape index (κ3) is 4.70. The average Bonchev–Trinajstić information content (AvgIpc) is 2.55. The maximum absolute atomic E-state index is 12.3. The van der Waals surface area contributed by atoms with E-state index in [1.165, 1.54) is 4.31 Å². The van der Waals surface area contributed by atoms with Crippen LogP contribution in [0.15, 0.2) is 24.3 Å². The van der Waals surface area contributed by atoms with Gasteiger partial charge in [-0.25, -0.2) is 8.42 Å². The Morgan fingerprint density at radius 1 is 1.17 bits per heavy atom. The first kappa shape index (κ1) is 18.3. The molecule has 0 spiro atoms. The fourth-order valence-electron chi connectivity index (χ4n) is 2.63. The predicted molar refractivity (Wildman–Crippen MR) is 92.2 cm³/mol. The summed E-state index contributed by atoms with van der Waals surface area (Å²) in [7, 11) is -3.46. The smallest absolute Gasteiger partial charge is 0.232 e. The van der Waals surface area contributed by atoms with Crippen LogP contribution in [0.2, 0.25) is 0 Å². The van der Waals surface area contributed by atoms with Gasteiger partial charge >= 0.3 is 0 Å². The van der Waals surface area contributed by atoms with Crippen molar-refractivity contribution in [1.82, 2.24) is 9.80 Å². The minimum atomic E-state index is -3.46. The molecule has 1 saturated heterocycles. The highest BCUT2D eigenvalue weighted by Gasteiger charge is 2.23. The highest BCUT2D eigenvalue weighted by atomic mass is 32.2. The summed E-state index contributed by atoms with van der Waals surface area (Å²) in [5, 5.41) is 0. The van der Waals surface area contributed by atoms with Crippen molar-refractivity contribution in [1.29, 1.82) is 0 Å². The van der Waals surface area contributed by atoms with E-state index < -0.39 is 10.0 Å². The van der Waals surface area contributed by atoms with Crippen LogP contribution in [0.1, 0.15) is 12.0 Å². The van der Waals surface area contributed by atoms with Gasteiger partial charge in [0.25, 0.3) is 0 Å². The average molecular weight is 353 g/mol. The van der Waals surface area contributed by atoms with Gasteiger partial charge in [0.2, 0.25) is 22.3 Å². The summed E-state index contributed by atoms with van der Waals surface area (Å²) in [6.45, 7) is 4.04. The standard InChI is InChI=1S/C16H23N3O4S/c1-14-3-5-15(6-4-14)19(24(2,22)23)8-7-16(21)18-11-9-17(13-20)10-12-18/h3-6,13H,7-12H2,1-2H3. The van der Waals surface area contributed by atoms with Crippen LogP contribution in [0.5, 0.6) is 0 Å². The van der Waals surface area contributed by atoms with Crippen molar-refractivity contribution in [3.63, 3.8) is 0 Å². The fraction of sp³-hybridized carbons (Fsp3) is 0.500. The Morgan fingerprint density at radius 3 is 2.25 bits per heavy atom. The van der Waals surface area contributed by atoms with Gasteiger partial charge in [-0.3, -0.25) is 13.9 Å². The van der Waals surface area contributed by atoms with Crippen molar-refractivity contribution in [2.75, 3.05) is 43.3 Å². The van der Waals surface area contributed by atoms with E-state index in [1.807, 2.05) is 19.1 Å². The molecule has 0 N–H and O–H groups in total. The SMILES string of the molecule is Cc1ccc(N(CCC(=O)N2CCN(C=O)CC2)S(C)(=O)=O)cc1. The first-order valence-corrected chi connectivity index (χ1v) is 9.67. The van der Waals surface area contributed by atoms with Crippen molar-refractivity contribution in [2.45, 2.75) is 13.3 Å². The molecular weight excluding hydrogens is 330 g/mol. The summed E-state index contributed by atoms with van der Waals surface area (Å²) >= 11 is 0. The number of carbonyl (C=O) groups excluding carboxylic acids is 2. The Morgan fingerprint density at radius 2 is 1.75 bits per heavy atom. The summed E-state index contributed by atoms with van der Waals surface area (Å²) < 4.78 is 25.3. The van der Waals surface area contributed by atoms with E-state index in [0.29, 0.717) is 31.9 Å². The molecule has 1 aliphatic heterocycles. The second-order valence-corrected chi connectivity index (χ2v) is 7.85. The lowest BCUT2D eigenvalue weighted by atomic mass is 10.2. The Hall–Kier alpha value is -2.09. The zero-order valence-corrected chi connectivity index (χ0v) is 14.8. The Labute approximate surface area is 142 Å². The Kier molecular flexibility index (Phi) is 5.82. The van der Waals surface area contributed by atoms with Crippen molar-refractivity contribution >= 4 is 28.0 Å². The third-order valence-electron chi connectivity index (χ3n) is 4.07. The minimum absolute atomic E-state index is 0.0960. The molecule has 0 bridgehead atoms. The number of nitrogens with zero attached hydrogens (tertiary/aromatic N) is 3. The van der Waals surface area contributed by atoms with Gasteiger partial charge < -0.3 is 9.80 Å². The normalized spacial score (nSPS) is 15.2. The van der Waals surface area contributed by atoms with Crippen LogP contribution in [-0.4, -0.2) is 69.5 Å². The molecular formula is C16H23N3O4S. The quantitative estimate of drug-likeness (QED) is 0.696. The second-order valence-electron chi connectivity index (χ2n) is 5.94. The minimum Gasteiger partial charge on any atom is -0.342 e. The van der Waals surface area contributed by atoms with E-state index in [9.17, 15) is 18.0 Å². The zero-order chi connectivity index (χ0) is 17.7. The molecule has 1 aromatic carbocycles. The van der Waals surface area contributed by atoms with Gasteiger partial charge in [-0.15, -0.1) is 0 Å². The lowest BCUT2D eigenvalue weighted by molar-refractivity contribution is -0.134. The lowest BCUT2D eigenvalue weighted by Gasteiger charge is -2.33. The number of carbonyl (C=O) groups is 2. The second kappa shape index (κ2) is 7.65. The summed E-state index contributed by atoms with van der Waals surface area (Å²) in [6, 6.07) is 7.16. The number of anilines is 1. The molecule has 2 amide bonds. The molecule has 2 rings (SSSR count). The predicted octanol–water partition coefficient (Wildman–Crippen LogP) is 0.452. The molecule has 132 valence electrons. The van der Waals surface area contributed by atoms with E-state index in [1.54, 1.807) is 21.9 Å². The maximum atomic E-state index is 12.3. The van der Waals surface area contributed by atoms with Crippen LogP contribution in [0.25, 0.3) is 0 Å². The van der Waals surface area contributed by atoms with E-state index >= 15 is 0 Å². The van der Waals surface area contributed by atoms with Crippen molar-refractivity contribution in [3.05, 3.63) is 29.8 Å². The molecule has 0 saturated carbocycles. The van der Waals surface area contributed by atoms with E-state index in [0.717, 1.165) is 18.2 Å². The van der Waals surface area contributed by atoms with Gasteiger partial charge in [0, 0.05) is 39.1 Å². The molecule has 0 atom stereocenters. The summed E-state index contributed by atoms with van der Waals surface area (Å²) in [5.74, 6) is -0.0960. The molecule has 8 heteroatoms. The molecule has 0 unspecified atom stereocenters. The largest absolute Gasteiger partial charge is 0.342 e. The maximum Gasteiger partial charge on any atom is 0.232 e. The van der Waals surface area contributed by atoms with Crippen molar-refractivity contribution in [2.24, 2.45) is 0 Å². The van der Waals surface area contributed by atoms with Gasteiger partial charge in [-0.2, -0.15) is 0 Å². The van der Waals surface area contributed by atoms with Gasteiger partial charge in [-0.05, 0) is 19.1 Å². The molecule has 1 heterocycles. The van der Waals surface area contributed by atoms with Gasteiger partial charge in [0.15, 0.2) is 0 Å². The Balaban J connectivity index is 1.99. The Bertz CT molecular complexity index is 680. The number of rotatable bonds is 6. The molecule has 7 nitrogen and oxygen atoms in total. The number of hydrogen-bond acceptors (Lipinski definition) is 4. The van der Waals surface area contributed by atoms with Crippen molar-refractivity contribution in [3.8, 4) is 0 Å². The van der Waals surface area contributed by atoms with Gasteiger partial charge in [-0.1, -0.05) is 17.7 Å². The molecule has 0 aromatic heterocycles. The first-order valence-electron chi connectivity index (χ1n) is 7.83. The van der Waals surface area contributed by atoms with Crippen LogP contribution in [0.4, 0.5) is 5.69 Å². The molecule has 0 radical (unpaired) electrons. The number of amides is 2. The van der Waals surface area contributed by atoms with Crippen LogP contribution in [0.3, 0.4) is 0 Å². The van der Waals surface area contributed by atoms with E-state index in [-0.39, 0.29) is 18.9 Å². The molecule has 24 heavy (non-hydrogen) atoms. The van der Waals surface area contributed by atoms with Crippen LogP contribution in [0, 0.1) is 6.92 Å². The number of aryl methyl sites for hydroxylation is 1. The van der Waals surface area contributed by atoms with Crippen LogP contribution >= 0.6 is 0 Å². The highest BCUT2D eigenvalue weighted by Crippen LogP contribution is 2.19. The van der Waals surface area contributed by atoms with Gasteiger partial charge in [0.05, 0.1) is 11.9 Å². The topological polar surface area (TPSA) is 78.0 Å². The third-order valence-corrected chi connectivity index (χ3v) is 5.26. The summed E-state index contributed by atoms with van der Waals surface area (Å²) in [5.41, 5.74) is 1.60. The monoisotopic (exact) mass is 353 g/mol. The molecule has 0 aliphatic carbocycles. The number of benzene rings is 1. The number of piperazine rings is 1. The van der Waals surface area contributed by atoms with Crippen LogP contribution < -0.4 is 4.31 Å². The van der Waals surface area contributed by atoms with Gasteiger partial charge in [0.1, 0.15) is 0 Å². The number of sulfonamides is 1. The molecule has 1 fully saturated rings. The summed E-state index contributed by atoms with van der Waals surface area (Å²) in [4.78, 5) is 26.3. The number of hydrogen-bond donors (Lipinski definition) is 0. The van der Waals surface area contributed by atoms with Crippen LogP contribution in [-0.2, 0) is 19.6 Å². The fourth-order valence-corrected chi connectivity index (χ4v) is 3.56. The molecule has 1 aromatic rings. The lowest BCUT2D eigenvalue weighted by Crippen LogP contribution is -2.48. The van der Waals surface area contributed by atoms with E-state index in [2.05, 4.69) is 0 Å². The highest BCUT2D eigenvalue weighted by molar-refractivity contribution is 7.92. The van der Waals surface area contributed by atoms with E-state index in [4.69, 9.17) is 0 Å². The summed E-state index contributed by atoms with van der Waals surface area (Å²) in [6.07, 6.45) is 2.03. The molecule has 1 aliphatic rings. The zero-order valence-electron chi connectivity index (χ0n) is 14.0.